The molecule has 0 aromatic rings. The molecule has 1 fully saturated rings. The Morgan fingerprint density at radius 1 is 1.43 bits per heavy atom. The van der Waals surface area contributed by atoms with E-state index in [1.165, 1.54) is 19.3 Å². The van der Waals surface area contributed by atoms with E-state index in [0.29, 0.717) is 12.6 Å². The lowest BCUT2D eigenvalue weighted by atomic mass is 9.83. The smallest absolute Gasteiger partial charge is 0.233 e. The average Bonchev–Trinajstić information content (AvgIpc) is 2.06. The number of hydrogen-bond donors (Lipinski definition) is 2. The average molecular weight is 198 g/mol. The van der Waals surface area contributed by atoms with Crippen molar-refractivity contribution < 1.29 is 4.79 Å². The van der Waals surface area contributed by atoms with Gasteiger partial charge in [-0.3, -0.25) is 4.79 Å². The van der Waals surface area contributed by atoms with Crippen molar-refractivity contribution in [3.63, 3.8) is 0 Å². The van der Waals surface area contributed by atoms with Gasteiger partial charge in [0.2, 0.25) is 5.91 Å². The summed E-state index contributed by atoms with van der Waals surface area (Å²) in [6.45, 7) is 5.38. The van der Waals surface area contributed by atoms with E-state index in [2.05, 4.69) is 10.6 Å². The lowest BCUT2D eigenvalue weighted by Gasteiger charge is -2.25. The Labute approximate surface area is 86.6 Å². The van der Waals surface area contributed by atoms with Gasteiger partial charge in [0.15, 0.2) is 0 Å². The molecule has 1 aliphatic rings. The summed E-state index contributed by atoms with van der Waals surface area (Å²) >= 11 is 0. The summed E-state index contributed by atoms with van der Waals surface area (Å²) in [5, 5.41) is 6.03. The summed E-state index contributed by atoms with van der Waals surface area (Å²) in [6, 6.07) is 0.382. The van der Waals surface area contributed by atoms with Crippen molar-refractivity contribution in [2.45, 2.75) is 45.6 Å². The van der Waals surface area contributed by atoms with E-state index < -0.39 is 0 Å². The summed E-state index contributed by atoms with van der Waals surface area (Å²) in [4.78, 5) is 11.3. The van der Waals surface area contributed by atoms with Gasteiger partial charge in [-0.1, -0.05) is 33.1 Å². The molecule has 0 heterocycles. The molecule has 3 nitrogen and oxygen atoms in total. The van der Waals surface area contributed by atoms with E-state index >= 15 is 0 Å². The highest BCUT2D eigenvalue weighted by atomic mass is 16.1. The highest BCUT2D eigenvalue weighted by Crippen LogP contribution is 2.28. The Morgan fingerprint density at radius 3 is 2.64 bits per heavy atom. The van der Waals surface area contributed by atoms with Crippen LogP contribution >= 0.6 is 0 Å². The van der Waals surface area contributed by atoms with Crippen molar-refractivity contribution in [2.75, 3.05) is 13.1 Å². The van der Waals surface area contributed by atoms with Gasteiger partial charge in [-0.2, -0.15) is 0 Å². The number of rotatable bonds is 6. The lowest BCUT2D eigenvalue weighted by molar-refractivity contribution is -0.120. The molecule has 0 aromatic carbocycles. The standard InChI is InChI=1S/C11H22N2O/c1-9(2)13-8-11(14)12-7-6-10-4-3-5-10/h9-10,13H,3-8H2,1-2H3,(H,12,14). The van der Waals surface area contributed by atoms with Crippen LogP contribution in [0.15, 0.2) is 0 Å². The summed E-state index contributed by atoms with van der Waals surface area (Å²) in [6.07, 6.45) is 5.27. The summed E-state index contributed by atoms with van der Waals surface area (Å²) in [7, 11) is 0. The largest absolute Gasteiger partial charge is 0.355 e. The van der Waals surface area contributed by atoms with Gasteiger partial charge in [0, 0.05) is 12.6 Å². The number of hydrogen-bond acceptors (Lipinski definition) is 2. The van der Waals surface area contributed by atoms with Gasteiger partial charge in [-0.15, -0.1) is 0 Å². The van der Waals surface area contributed by atoms with Crippen LogP contribution in [0.2, 0.25) is 0 Å². The zero-order chi connectivity index (χ0) is 10.4. The van der Waals surface area contributed by atoms with Crippen LogP contribution < -0.4 is 10.6 Å². The summed E-state index contributed by atoms with van der Waals surface area (Å²) in [5.74, 6) is 1.01. The molecule has 82 valence electrons. The van der Waals surface area contributed by atoms with Gasteiger partial charge >= 0.3 is 0 Å². The maximum Gasteiger partial charge on any atom is 0.233 e. The second kappa shape index (κ2) is 6.02. The van der Waals surface area contributed by atoms with E-state index in [4.69, 9.17) is 0 Å². The van der Waals surface area contributed by atoms with Crippen molar-refractivity contribution in [1.82, 2.24) is 10.6 Å². The monoisotopic (exact) mass is 198 g/mol. The van der Waals surface area contributed by atoms with Gasteiger partial charge in [-0.25, -0.2) is 0 Å². The zero-order valence-corrected chi connectivity index (χ0v) is 9.31. The third kappa shape index (κ3) is 4.61. The van der Waals surface area contributed by atoms with Gasteiger partial charge in [-0.05, 0) is 12.3 Å². The first-order chi connectivity index (χ1) is 6.68. The van der Waals surface area contributed by atoms with Gasteiger partial charge in [0.1, 0.15) is 0 Å². The third-order valence-electron chi connectivity index (χ3n) is 2.77. The number of amides is 1. The lowest BCUT2D eigenvalue weighted by Crippen LogP contribution is -2.37. The Hall–Kier alpha value is -0.570. The molecule has 0 atom stereocenters. The Kier molecular flexibility index (Phi) is 4.94. The van der Waals surface area contributed by atoms with Gasteiger partial charge in [0.05, 0.1) is 6.54 Å². The number of nitrogens with one attached hydrogen (secondary N) is 2. The second-order valence-electron chi connectivity index (χ2n) is 4.47. The summed E-state index contributed by atoms with van der Waals surface area (Å²) < 4.78 is 0. The SMILES string of the molecule is CC(C)NCC(=O)NCCC1CCC1. The maximum absolute atomic E-state index is 11.3. The molecule has 0 bridgehead atoms. The summed E-state index contributed by atoms with van der Waals surface area (Å²) in [5.41, 5.74) is 0. The predicted octanol–water partition coefficient (Wildman–Crippen LogP) is 1.29. The van der Waals surface area contributed by atoms with E-state index in [9.17, 15) is 4.79 Å². The quantitative estimate of drug-likeness (QED) is 0.675. The molecule has 0 aromatic heterocycles. The first kappa shape index (κ1) is 11.5. The molecule has 2 N–H and O–H groups in total. The minimum absolute atomic E-state index is 0.123. The molecule has 14 heavy (non-hydrogen) atoms. The van der Waals surface area contributed by atoms with Crippen molar-refractivity contribution in [1.29, 1.82) is 0 Å². The van der Waals surface area contributed by atoms with Crippen LogP contribution in [0.3, 0.4) is 0 Å². The fourth-order valence-electron chi connectivity index (χ4n) is 1.56. The van der Waals surface area contributed by atoms with Crippen molar-refractivity contribution >= 4 is 5.91 Å². The van der Waals surface area contributed by atoms with Crippen LogP contribution in [-0.2, 0) is 4.79 Å². The Morgan fingerprint density at radius 2 is 2.14 bits per heavy atom. The zero-order valence-electron chi connectivity index (χ0n) is 9.31. The van der Waals surface area contributed by atoms with Crippen LogP contribution in [0.25, 0.3) is 0 Å². The fraction of sp³-hybridized carbons (Fsp3) is 0.909. The van der Waals surface area contributed by atoms with Crippen LogP contribution in [0.4, 0.5) is 0 Å². The topological polar surface area (TPSA) is 41.1 Å². The second-order valence-corrected chi connectivity index (χ2v) is 4.47. The molecule has 0 unspecified atom stereocenters. The highest BCUT2D eigenvalue weighted by molar-refractivity contribution is 5.77. The Bertz CT molecular complexity index is 176. The van der Waals surface area contributed by atoms with Gasteiger partial charge < -0.3 is 10.6 Å². The molecule has 0 aliphatic heterocycles. The van der Waals surface area contributed by atoms with Crippen LogP contribution in [-0.4, -0.2) is 25.0 Å². The van der Waals surface area contributed by atoms with E-state index in [0.717, 1.165) is 18.9 Å². The molecule has 3 heteroatoms. The predicted molar refractivity (Wildman–Crippen MR) is 58.1 cm³/mol. The van der Waals surface area contributed by atoms with Crippen LogP contribution in [0.1, 0.15) is 39.5 Å². The van der Waals surface area contributed by atoms with Gasteiger partial charge in [0.25, 0.3) is 0 Å². The molecule has 1 saturated carbocycles. The van der Waals surface area contributed by atoms with Crippen molar-refractivity contribution in [3.05, 3.63) is 0 Å². The number of carbonyl (C=O) groups is 1. The normalized spacial score (nSPS) is 16.8. The minimum Gasteiger partial charge on any atom is -0.355 e. The molecular formula is C11H22N2O. The first-order valence-electron chi connectivity index (χ1n) is 5.68. The first-order valence-corrected chi connectivity index (χ1v) is 5.68. The molecule has 0 saturated heterocycles. The highest BCUT2D eigenvalue weighted by Gasteiger charge is 2.16. The Balaban J connectivity index is 1.91. The van der Waals surface area contributed by atoms with Crippen molar-refractivity contribution in [3.8, 4) is 0 Å². The fourth-order valence-corrected chi connectivity index (χ4v) is 1.56. The van der Waals surface area contributed by atoms with E-state index in [1.807, 2.05) is 13.8 Å². The molecule has 1 aliphatic carbocycles. The van der Waals surface area contributed by atoms with Crippen LogP contribution in [0.5, 0.6) is 0 Å². The molecular weight excluding hydrogens is 176 g/mol. The minimum atomic E-state index is 0.123. The maximum atomic E-state index is 11.3. The number of carbonyl (C=O) groups excluding carboxylic acids is 1. The van der Waals surface area contributed by atoms with Crippen molar-refractivity contribution in [2.24, 2.45) is 5.92 Å². The third-order valence-corrected chi connectivity index (χ3v) is 2.77. The van der Waals surface area contributed by atoms with E-state index in [-0.39, 0.29) is 5.91 Å². The molecule has 0 spiro atoms. The molecule has 1 rings (SSSR count). The van der Waals surface area contributed by atoms with E-state index in [1.54, 1.807) is 0 Å². The molecule has 1 amide bonds. The van der Waals surface area contributed by atoms with Crippen LogP contribution in [0, 0.1) is 5.92 Å². The molecule has 0 radical (unpaired) electrons.